The minimum absolute atomic E-state index is 0.0117. The van der Waals surface area contributed by atoms with Crippen LogP contribution in [0.25, 0.3) is 0 Å². The molecule has 1 fully saturated rings. The number of ether oxygens (including phenoxy) is 1. The molecule has 6 nitrogen and oxygen atoms in total. The quantitative estimate of drug-likeness (QED) is 0.660. The Balaban J connectivity index is 1.69. The highest BCUT2D eigenvalue weighted by Gasteiger charge is 2.40. The summed E-state index contributed by atoms with van der Waals surface area (Å²) in [4.78, 5) is 16.1. The maximum Gasteiger partial charge on any atom is 0.443 e. The third kappa shape index (κ3) is 5.33. The van der Waals surface area contributed by atoms with E-state index in [-0.39, 0.29) is 11.7 Å². The van der Waals surface area contributed by atoms with Crippen LogP contribution in [0, 0.1) is 0 Å². The largest absolute Gasteiger partial charge is 0.443 e. The van der Waals surface area contributed by atoms with E-state index in [1.54, 1.807) is 0 Å². The summed E-state index contributed by atoms with van der Waals surface area (Å²) >= 11 is 0.521. The summed E-state index contributed by atoms with van der Waals surface area (Å²) in [5, 5.41) is 13.3. The molecule has 10 heteroatoms. The predicted molar refractivity (Wildman–Crippen MR) is 102 cm³/mol. The zero-order chi connectivity index (χ0) is 21.0. The molecule has 0 bridgehead atoms. The molecule has 0 saturated carbocycles. The molecular formula is C19H22F3N3O3S. The highest BCUT2D eigenvalue weighted by Crippen LogP contribution is 2.37. The Morgan fingerprint density at radius 1 is 1.41 bits per heavy atom. The number of nitrogens with one attached hydrogen (secondary N) is 1. The summed E-state index contributed by atoms with van der Waals surface area (Å²) in [6.07, 6.45) is -3.65. The van der Waals surface area contributed by atoms with Gasteiger partial charge in [-0.05, 0) is 37.5 Å². The van der Waals surface area contributed by atoms with E-state index in [0.717, 1.165) is 18.4 Å². The first-order valence-electron chi connectivity index (χ1n) is 9.16. The number of hydrogen-bond donors (Lipinski definition) is 2. The van der Waals surface area contributed by atoms with Gasteiger partial charge in [0, 0.05) is 23.7 Å². The molecular weight excluding hydrogens is 407 g/mol. The number of alkyl halides is 3. The van der Waals surface area contributed by atoms with Crippen LogP contribution < -0.4 is 5.32 Å². The molecule has 2 aromatic rings. The molecule has 1 saturated heterocycles. The molecule has 3 rings (SSSR count). The number of nitrogens with zero attached hydrogens (tertiary/aromatic N) is 2. The van der Waals surface area contributed by atoms with Crippen molar-refractivity contribution in [2.24, 2.45) is 0 Å². The maximum absolute atomic E-state index is 12.9. The van der Waals surface area contributed by atoms with Gasteiger partial charge in [0.25, 0.3) is 0 Å². The number of anilines is 1. The van der Waals surface area contributed by atoms with Crippen molar-refractivity contribution in [1.82, 2.24) is 9.88 Å². The topological polar surface area (TPSA) is 74.7 Å². The third-order valence-corrected chi connectivity index (χ3v) is 5.83. The van der Waals surface area contributed by atoms with Crippen LogP contribution >= 0.6 is 11.3 Å². The van der Waals surface area contributed by atoms with Gasteiger partial charge >= 0.3 is 6.18 Å². The number of thiazole rings is 1. The van der Waals surface area contributed by atoms with Crippen molar-refractivity contribution in [3.63, 3.8) is 0 Å². The highest BCUT2D eigenvalue weighted by molar-refractivity contribution is 7.09. The number of rotatable bonds is 7. The molecule has 3 unspecified atom stereocenters. The van der Waals surface area contributed by atoms with E-state index in [1.165, 1.54) is 5.38 Å². The lowest BCUT2D eigenvalue weighted by atomic mass is 10.0. The highest BCUT2D eigenvalue weighted by atomic mass is 32.1. The minimum atomic E-state index is -4.51. The lowest BCUT2D eigenvalue weighted by Crippen LogP contribution is -2.49. The van der Waals surface area contributed by atoms with Crippen LogP contribution in [-0.4, -0.2) is 46.9 Å². The van der Waals surface area contributed by atoms with Crippen molar-refractivity contribution in [2.75, 3.05) is 18.5 Å². The van der Waals surface area contributed by atoms with E-state index >= 15 is 0 Å². The zero-order valence-corrected chi connectivity index (χ0v) is 16.5. The number of morpholine rings is 1. The monoisotopic (exact) mass is 429 g/mol. The lowest BCUT2D eigenvalue weighted by molar-refractivity contribution is -0.190. The fraction of sp³-hybridized carbons (Fsp3) is 0.474. The Kier molecular flexibility index (Phi) is 6.89. The zero-order valence-electron chi connectivity index (χ0n) is 15.7. The Hall–Kier alpha value is -2.01. The fourth-order valence-corrected chi connectivity index (χ4v) is 4.13. The molecule has 158 valence electrons. The number of aromatic nitrogens is 1. The second kappa shape index (κ2) is 9.21. The van der Waals surface area contributed by atoms with Crippen molar-refractivity contribution in [3.05, 3.63) is 45.9 Å². The molecule has 1 aromatic carbocycles. The molecule has 0 spiro atoms. The third-order valence-electron chi connectivity index (χ3n) is 4.93. The molecule has 3 atom stereocenters. The molecule has 0 aliphatic carbocycles. The second-order valence-corrected chi connectivity index (χ2v) is 7.72. The summed E-state index contributed by atoms with van der Waals surface area (Å²) in [6, 6.07) is 6.70. The summed E-state index contributed by atoms with van der Waals surface area (Å²) in [5.74, 6) is 0. The summed E-state index contributed by atoms with van der Waals surface area (Å²) in [5.41, 5.74) is 1.95. The fourth-order valence-electron chi connectivity index (χ4n) is 3.41. The Bertz CT molecular complexity index is 813. The molecule has 1 aliphatic rings. The summed E-state index contributed by atoms with van der Waals surface area (Å²) in [6.45, 7) is 2.76. The van der Waals surface area contributed by atoms with E-state index in [9.17, 15) is 23.1 Å². The number of hydrogen-bond acceptors (Lipinski definition) is 6. The smallest absolute Gasteiger partial charge is 0.366 e. The van der Waals surface area contributed by atoms with Gasteiger partial charge in [0.05, 0.1) is 12.3 Å². The van der Waals surface area contributed by atoms with Gasteiger partial charge < -0.3 is 15.2 Å². The molecule has 0 radical (unpaired) electrons. The van der Waals surface area contributed by atoms with E-state index in [1.807, 2.05) is 36.1 Å². The predicted octanol–water partition coefficient (Wildman–Crippen LogP) is 3.44. The van der Waals surface area contributed by atoms with E-state index in [4.69, 9.17) is 4.74 Å². The normalized spacial score (nSPS) is 21.7. The number of aliphatic hydroxyl groups is 1. The van der Waals surface area contributed by atoms with Gasteiger partial charge in [0.2, 0.25) is 6.41 Å². The summed E-state index contributed by atoms with van der Waals surface area (Å²) < 4.78 is 44.1. The van der Waals surface area contributed by atoms with Gasteiger partial charge in [0.1, 0.15) is 6.04 Å². The number of aryl methyl sites for hydroxylation is 1. The van der Waals surface area contributed by atoms with Gasteiger partial charge in [-0.1, -0.05) is 12.1 Å². The van der Waals surface area contributed by atoms with E-state index in [2.05, 4.69) is 10.3 Å². The van der Waals surface area contributed by atoms with Crippen molar-refractivity contribution >= 4 is 23.4 Å². The number of carbonyl (C=O) groups excluding carboxylic acids is 1. The number of benzene rings is 1. The van der Waals surface area contributed by atoms with E-state index < -0.39 is 23.5 Å². The molecule has 1 aliphatic heterocycles. The first-order valence-corrected chi connectivity index (χ1v) is 10.0. The van der Waals surface area contributed by atoms with Gasteiger partial charge in [-0.3, -0.25) is 9.69 Å². The number of amides is 1. The van der Waals surface area contributed by atoms with Gasteiger partial charge in [-0.25, -0.2) is 4.98 Å². The first kappa shape index (κ1) is 21.7. The number of aliphatic hydroxyl groups excluding tert-OH is 1. The van der Waals surface area contributed by atoms with Crippen LogP contribution in [0.3, 0.4) is 0 Å². The van der Waals surface area contributed by atoms with Crippen LogP contribution in [0.4, 0.5) is 18.9 Å². The van der Waals surface area contributed by atoms with Crippen LogP contribution in [0.5, 0.6) is 0 Å². The van der Waals surface area contributed by atoms with Crippen LogP contribution in [-0.2, 0) is 22.1 Å². The number of carbonyl (C=O) groups is 1. The van der Waals surface area contributed by atoms with Crippen LogP contribution in [0.15, 0.2) is 29.6 Å². The molecule has 29 heavy (non-hydrogen) atoms. The average molecular weight is 429 g/mol. The standard InChI is InChI=1S/C19H22F3N3O3S/c1-12(2-3-13-4-6-14(7-5-13)23-11-26)25-8-9-28-17(27)16(25)15-10-29-18(24-15)19(20,21)22/h4-7,10-12,16-17,27H,2-3,8-9H2,1H3,(H,23,26). The molecule has 2 N–H and O–H groups in total. The van der Waals surface area contributed by atoms with Crippen molar-refractivity contribution in [2.45, 2.75) is 44.3 Å². The van der Waals surface area contributed by atoms with E-state index in [0.29, 0.717) is 36.6 Å². The number of halogens is 3. The average Bonchev–Trinajstić information content (AvgIpc) is 3.17. The van der Waals surface area contributed by atoms with Crippen molar-refractivity contribution < 1.29 is 27.8 Å². The first-order chi connectivity index (χ1) is 13.8. The van der Waals surface area contributed by atoms with Crippen LogP contribution in [0.2, 0.25) is 0 Å². The molecule has 1 amide bonds. The minimum Gasteiger partial charge on any atom is -0.366 e. The van der Waals surface area contributed by atoms with Gasteiger partial charge in [0.15, 0.2) is 11.3 Å². The van der Waals surface area contributed by atoms with Gasteiger partial charge in [-0.15, -0.1) is 11.3 Å². The maximum atomic E-state index is 12.9. The van der Waals surface area contributed by atoms with Crippen LogP contribution in [0.1, 0.15) is 35.7 Å². The Labute approximate surface area is 170 Å². The Morgan fingerprint density at radius 3 is 2.76 bits per heavy atom. The SMILES string of the molecule is CC(CCc1ccc(NC=O)cc1)N1CCOC(O)C1c1csc(C(F)(F)F)n1. The lowest BCUT2D eigenvalue weighted by Gasteiger charge is -2.41. The molecule has 1 aromatic heterocycles. The molecule has 2 heterocycles. The van der Waals surface area contributed by atoms with Crippen molar-refractivity contribution in [3.8, 4) is 0 Å². The Morgan fingerprint density at radius 2 is 2.14 bits per heavy atom. The summed E-state index contributed by atoms with van der Waals surface area (Å²) in [7, 11) is 0. The van der Waals surface area contributed by atoms with Gasteiger partial charge in [-0.2, -0.15) is 13.2 Å². The second-order valence-electron chi connectivity index (χ2n) is 6.87. The van der Waals surface area contributed by atoms with Crippen molar-refractivity contribution in [1.29, 1.82) is 0 Å².